The minimum atomic E-state index is 0.324. The number of hydrogen-bond donors (Lipinski definition) is 1. The van der Waals surface area contributed by atoms with E-state index in [1.165, 1.54) is 11.1 Å². The highest BCUT2D eigenvalue weighted by atomic mass is 16.5. The van der Waals surface area contributed by atoms with Crippen LogP contribution < -0.4 is 10.1 Å². The van der Waals surface area contributed by atoms with Crippen molar-refractivity contribution in [1.29, 1.82) is 0 Å². The normalized spacial score (nSPS) is 17.0. The third kappa shape index (κ3) is 3.08. The number of nitrogens with zero attached hydrogens (tertiary/aromatic N) is 2. The summed E-state index contributed by atoms with van der Waals surface area (Å²) in [7, 11) is 2.01. The van der Waals surface area contributed by atoms with Gasteiger partial charge in [-0.1, -0.05) is 18.1 Å². The summed E-state index contributed by atoms with van der Waals surface area (Å²) in [6.07, 6.45) is 4.10. The number of fused-ring (bicyclic) bond motifs is 1. The van der Waals surface area contributed by atoms with Crippen molar-refractivity contribution in [3.8, 4) is 5.75 Å². The number of ether oxygens (including phenoxy) is 1. The fourth-order valence-electron chi connectivity index (χ4n) is 2.80. The second kappa shape index (κ2) is 6.26. The molecule has 1 atom stereocenters. The minimum Gasteiger partial charge on any atom is -0.484 e. The van der Waals surface area contributed by atoms with Crippen LogP contribution in [0.25, 0.3) is 0 Å². The summed E-state index contributed by atoms with van der Waals surface area (Å²) in [6, 6.07) is 6.75. The first kappa shape index (κ1) is 14.1. The number of hydrogen-bond acceptors (Lipinski definition) is 5. The van der Waals surface area contributed by atoms with Gasteiger partial charge in [0.05, 0.1) is 0 Å². The summed E-state index contributed by atoms with van der Waals surface area (Å²) in [6.45, 7) is 2.42. The van der Waals surface area contributed by atoms with Crippen molar-refractivity contribution in [2.24, 2.45) is 0 Å². The highest BCUT2D eigenvalue weighted by molar-refractivity contribution is 5.40. The van der Waals surface area contributed by atoms with Gasteiger partial charge in [-0.05, 0) is 49.6 Å². The summed E-state index contributed by atoms with van der Waals surface area (Å²) in [5, 5.41) is 7.26. The number of benzene rings is 1. The summed E-state index contributed by atoms with van der Waals surface area (Å²) in [4.78, 5) is 4.30. The standard InChI is InChI=1S/C16H21N3O2/c1-3-4-15-18-16(21-19-15)10-20-12-6-7-13-11(9-12)5-8-14(13)17-2/h6-7,9,14,17H,3-5,8,10H2,1-2H3. The zero-order chi connectivity index (χ0) is 14.7. The van der Waals surface area contributed by atoms with Gasteiger partial charge in [-0.25, -0.2) is 0 Å². The van der Waals surface area contributed by atoms with E-state index in [2.05, 4.69) is 34.5 Å². The molecule has 3 rings (SSSR count). The maximum Gasteiger partial charge on any atom is 0.264 e. The Morgan fingerprint density at radius 3 is 3.14 bits per heavy atom. The molecule has 0 saturated heterocycles. The van der Waals surface area contributed by atoms with Gasteiger partial charge in [0.2, 0.25) is 0 Å². The second-order valence-corrected chi connectivity index (χ2v) is 5.38. The summed E-state index contributed by atoms with van der Waals surface area (Å²) in [5.41, 5.74) is 2.75. The molecule has 2 aromatic rings. The van der Waals surface area contributed by atoms with Crippen molar-refractivity contribution in [2.75, 3.05) is 7.05 Å². The molecule has 0 fully saturated rings. The van der Waals surface area contributed by atoms with Gasteiger partial charge in [0, 0.05) is 12.5 Å². The molecule has 0 saturated carbocycles. The molecule has 5 nitrogen and oxygen atoms in total. The maximum absolute atomic E-state index is 5.76. The first-order valence-electron chi connectivity index (χ1n) is 7.54. The van der Waals surface area contributed by atoms with Crippen LogP contribution in [0.15, 0.2) is 22.7 Å². The molecule has 1 N–H and O–H groups in total. The van der Waals surface area contributed by atoms with Crippen molar-refractivity contribution in [3.05, 3.63) is 41.0 Å². The number of aryl methyl sites for hydroxylation is 2. The van der Waals surface area contributed by atoms with Crippen LogP contribution in [0.1, 0.15) is 48.6 Å². The lowest BCUT2D eigenvalue weighted by atomic mass is 10.1. The van der Waals surface area contributed by atoms with Crippen LogP contribution in [-0.4, -0.2) is 17.2 Å². The van der Waals surface area contributed by atoms with E-state index in [4.69, 9.17) is 9.26 Å². The fraction of sp³-hybridized carbons (Fsp3) is 0.500. The van der Waals surface area contributed by atoms with Crippen LogP contribution in [0.3, 0.4) is 0 Å². The second-order valence-electron chi connectivity index (χ2n) is 5.38. The van der Waals surface area contributed by atoms with E-state index >= 15 is 0 Å². The molecular weight excluding hydrogens is 266 g/mol. The largest absolute Gasteiger partial charge is 0.484 e. The van der Waals surface area contributed by atoms with E-state index in [9.17, 15) is 0 Å². The third-order valence-corrected chi connectivity index (χ3v) is 3.89. The quantitative estimate of drug-likeness (QED) is 0.885. The Labute approximate surface area is 124 Å². The Kier molecular flexibility index (Phi) is 4.20. The van der Waals surface area contributed by atoms with Gasteiger partial charge in [-0.15, -0.1) is 0 Å². The molecule has 1 heterocycles. The Morgan fingerprint density at radius 2 is 2.33 bits per heavy atom. The molecule has 0 aliphatic heterocycles. The molecule has 1 aromatic heterocycles. The highest BCUT2D eigenvalue weighted by Crippen LogP contribution is 2.33. The van der Waals surface area contributed by atoms with E-state index in [-0.39, 0.29) is 0 Å². The van der Waals surface area contributed by atoms with Crippen LogP contribution in [0.4, 0.5) is 0 Å². The average Bonchev–Trinajstić information content (AvgIpc) is 3.11. The van der Waals surface area contributed by atoms with E-state index < -0.39 is 0 Å². The van der Waals surface area contributed by atoms with Crippen molar-refractivity contribution in [2.45, 2.75) is 45.3 Å². The van der Waals surface area contributed by atoms with E-state index in [0.717, 1.165) is 37.3 Å². The summed E-state index contributed by atoms with van der Waals surface area (Å²) < 4.78 is 10.9. The smallest absolute Gasteiger partial charge is 0.264 e. The van der Waals surface area contributed by atoms with Gasteiger partial charge in [-0.3, -0.25) is 0 Å². The Morgan fingerprint density at radius 1 is 1.43 bits per heavy atom. The third-order valence-electron chi connectivity index (χ3n) is 3.89. The molecule has 1 aliphatic rings. The van der Waals surface area contributed by atoms with Crippen LogP contribution >= 0.6 is 0 Å². The van der Waals surface area contributed by atoms with Gasteiger partial charge in [0.1, 0.15) is 5.75 Å². The Bertz CT molecular complexity index is 609. The lowest BCUT2D eigenvalue weighted by molar-refractivity contribution is 0.242. The first-order chi connectivity index (χ1) is 10.3. The van der Waals surface area contributed by atoms with Crippen molar-refractivity contribution < 1.29 is 9.26 Å². The van der Waals surface area contributed by atoms with E-state index in [0.29, 0.717) is 18.5 Å². The monoisotopic (exact) mass is 287 g/mol. The maximum atomic E-state index is 5.76. The Balaban J connectivity index is 1.63. The predicted molar refractivity (Wildman–Crippen MR) is 79.2 cm³/mol. The van der Waals surface area contributed by atoms with Crippen molar-refractivity contribution in [3.63, 3.8) is 0 Å². The van der Waals surface area contributed by atoms with Gasteiger partial charge in [-0.2, -0.15) is 4.98 Å². The SMILES string of the molecule is CCCc1noc(COc2ccc3c(c2)CCC3NC)n1. The molecular formula is C16H21N3O2. The number of aromatic nitrogens is 2. The zero-order valence-corrected chi connectivity index (χ0v) is 12.6. The highest BCUT2D eigenvalue weighted by Gasteiger charge is 2.21. The lowest BCUT2D eigenvalue weighted by Crippen LogP contribution is -2.12. The molecule has 0 radical (unpaired) electrons. The molecule has 0 bridgehead atoms. The van der Waals surface area contributed by atoms with Crippen molar-refractivity contribution in [1.82, 2.24) is 15.5 Å². The number of nitrogens with one attached hydrogen (secondary N) is 1. The van der Waals surface area contributed by atoms with Gasteiger partial charge < -0.3 is 14.6 Å². The van der Waals surface area contributed by atoms with Gasteiger partial charge in [0.25, 0.3) is 5.89 Å². The minimum absolute atomic E-state index is 0.324. The lowest BCUT2D eigenvalue weighted by Gasteiger charge is -2.10. The Hall–Kier alpha value is -1.88. The fourth-order valence-corrected chi connectivity index (χ4v) is 2.80. The molecule has 112 valence electrons. The average molecular weight is 287 g/mol. The molecule has 0 amide bonds. The summed E-state index contributed by atoms with van der Waals surface area (Å²) in [5.74, 6) is 2.15. The van der Waals surface area contributed by atoms with Gasteiger partial charge in [0.15, 0.2) is 12.4 Å². The zero-order valence-electron chi connectivity index (χ0n) is 12.6. The van der Waals surface area contributed by atoms with Crippen LogP contribution in [0, 0.1) is 0 Å². The number of rotatable bonds is 6. The first-order valence-corrected chi connectivity index (χ1v) is 7.54. The van der Waals surface area contributed by atoms with Crippen LogP contribution in [-0.2, 0) is 19.4 Å². The van der Waals surface area contributed by atoms with Crippen molar-refractivity contribution >= 4 is 0 Å². The molecule has 1 aromatic carbocycles. The van der Waals surface area contributed by atoms with Crippen LogP contribution in [0.5, 0.6) is 5.75 Å². The topological polar surface area (TPSA) is 60.2 Å². The molecule has 1 aliphatic carbocycles. The summed E-state index contributed by atoms with van der Waals surface area (Å²) >= 11 is 0. The van der Waals surface area contributed by atoms with E-state index in [1.807, 2.05) is 13.1 Å². The molecule has 21 heavy (non-hydrogen) atoms. The molecule has 1 unspecified atom stereocenters. The molecule has 5 heteroatoms. The predicted octanol–water partition coefficient (Wildman–Crippen LogP) is 2.81. The van der Waals surface area contributed by atoms with Gasteiger partial charge >= 0.3 is 0 Å². The molecule has 0 spiro atoms. The van der Waals surface area contributed by atoms with Crippen LogP contribution in [0.2, 0.25) is 0 Å². The van der Waals surface area contributed by atoms with E-state index in [1.54, 1.807) is 0 Å².